The molecule has 0 amide bonds. The lowest BCUT2D eigenvalue weighted by molar-refractivity contribution is 0.125. The Bertz CT molecular complexity index is 1960. The van der Waals surface area contributed by atoms with Crippen molar-refractivity contribution in [3.05, 3.63) is 125 Å². The lowest BCUT2D eigenvalue weighted by atomic mass is 9.59. The first-order chi connectivity index (χ1) is 19.5. The fraction of sp³-hybridized carbons (Fsp3) is 0.231. The summed E-state index contributed by atoms with van der Waals surface area (Å²) in [7, 11) is 0. The van der Waals surface area contributed by atoms with Gasteiger partial charge in [-0.15, -0.1) is 0 Å². The van der Waals surface area contributed by atoms with Crippen molar-refractivity contribution in [1.82, 2.24) is 4.57 Å². The van der Waals surface area contributed by atoms with Gasteiger partial charge in [0.2, 0.25) is 0 Å². The first-order valence-corrected chi connectivity index (χ1v) is 15.4. The molecule has 7 rings (SSSR count). The van der Waals surface area contributed by atoms with E-state index in [9.17, 15) is 0 Å². The van der Waals surface area contributed by atoms with Crippen molar-refractivity contribution >= 4 is 37.7 Å². The normalized spacial score (nSPS) is 16.8. The van der Waals surface area contributed by atoms with E-state index < -0.39 is 0 Å². The predicted octanol–water partition coefficient (Wildman–Crippen LogP) is 11.5. The Kier molecular flexibility index (Phi) is 5.73. The minimum absolute atomic E-state index is 0.0549. The Balaban J connectivity index is 1.49. The zero-order valence-corrected chi connectivity index (χ0v) is 26.3. The Morgan fingerprint density at radius 2 is 1.02 bits per heavy atom. The van der Waals surface area contributed by atoms with Crippen LogP contribution in [0.3, 0.4) is 0 Å². The van der Waals surface area contributed by atoms with Gasteiger partial charge in [-0.2, -0.15) is 0 Å². The second kappa shape index (κ2) is 8.94. The van der Waals surface area contributed by atoms with Crippen molar-refractivity contribution in [2.24, 2.45) is 5.41 Å². The largest absolute Gasteiger partial charge is 0.309 e. The maximum atomic E-state index is 4.01. The van der Waals surface area contributed by atoms with Gasteiger partial charge in [-0.05, 0) is 98.2 Å². The monoisotopic (exact) mass is 597 g/mol. The van der Waals surface area contributed by atoms with Crippen molar-refractivity contribution in [2.75, 3.05) is 0 Å². The molecule has 0 spiro atoms. The lowest BCUT2D eigenvalue weighted by Crippen LogP contribution is -2.42. The minimum Gasteiger partial charge on any atom is -0.309 e. The highest BCUT2D eigenvalue weighted by atomic mass is 79.9. The molecule has 1 aromatic heterocycles. The average molecular weight is 599 g/mol. The molecule has 0 unspecified atom stereocenters. The standard InChI is InChI=1S/C39H36BrN/c1-37(2)32-23-29(34(40)24-33(32)38(3,4)39(37,5)6)27-18-20-36-31(22-27)30-21-26(25-13-9-7-10-14-25)17-19-35(30)41(36)28-15-11-8-12-16-28/h7-24H,1-6H3. The van der Waals surface area contributed by atoms with Gasteiger partial charge in [-0.1, -0.05) is 118 Å². The Hall–Kier alpha value is -3.62. The summed E-state index contributed by atoms with van der Waals surface area (Å²) in [5.41, 5.74) is 11.8. The van der Waals surface area contributed by atoms with Crippen LogP contribution in [-0.4, -0.2) is 4.57 Å². The van der Waals surface area contributed by atoms with Crippen LogP contribution in [0.4, 0.5) is 0 Å². The van der Waals surface area contributed by atoms with E-state index in [4.69, 9.17) is 0 Å². The smallest absolute Gasteiger partial charge is 0.0541 e. The van der Waals surface area contributed by atoms with Crippen molar-refractivity contribution in [3.63, 3.8) is 0 Å². The fourth-order valence-corrected chi connectivity index (χ4v) is 7.71. The quantitative estimate of drug-likeness (QED) is 0.191. The lowest BCUT2D eigenvalue weighted by Gasteiger charge is -2.44. The number of fused-ring (bicyclic) bond motifs is 4. The van der Waals surface area contributed by atoms with Crippen molar-refractivity contribution < 1.29 is 0 Å². The number of hydrogen-bond acceptors (Lipinski definition) is 0. The van der Waals surface area contributed by atoms with E-state index in [1.165, 1.54) is 60.9 Å². The first-order valence-electron chi connectivity index (χ1n) is 14.6. The number of halogens is 1. The molecule has 1 nitrogen and oxygen atoms in total. The molecule has 0 saturated heterocycles. The SMILES string of the molecule is CC1(C)c2cc(Br)c(-c3ccc4c(c3)c3cc(-c5ccccc5)ccc3n4-c3ccccc3)cc2C(C)(C)C1(C)C. The number of aromatic nitrogens is 1. The van der Waals surface area contributed by atoms with Crippen LogP contribution in [0.1, 0.15) is 52.7 Å². The van der Waals surface area contributed by atoms with Crippen LogP contribution in [0.15, 0.2) is 114 Å². The van der Waals surface area contributed by atoms with Gasteiger partial charge in [-0.25, -0.2) is 0 Å². The summed E-state index contributed by atoms with van der Waals surface area (Å²) >= 11 is 4.01. The number of benzene rings is 5. The molecule has 5 aromatic carbocycles. The van der Waals surface area contributed by atoms with Crippen molar-refractivity contribution in [2.45, 2.75) is 52.4 Å². The third-order valence-electron chi connectivity index (χ3n) is 10.8. The van der Waals surface area contributed by atoms with Gasteiger partial charge < -0.3 is 4.57 Å². The van der Waals surface area contributed by atoms with E-state index in [-0.39, 0.29) is 16.2 Å². The topological polar surface area (TPSA) is 4.93 Å². The van der Waals surface area contributed by atoms with Crippen LogP contribution in [0.25, 0.3) is 49.7 Å². The van der Waals surface area contributed by atoms with E-state index in [1.807, 2.05) is 0 Å². The molecule has 0 fully saturated rings. The van der Waals surface area contributed by atoms with Gasteiger partial charge >= 0.3 is 0 Å². The number of para-hydroxylation sites is 1. The molecular weight excluding hydrogens is 562 g/mol. The molecule has 0 N–H and O–H groups in total. The molecular formula is C39H36BrN. The third-order valence-corrected chi connectivity index (χ3v) is 11.4. The van der Waals surface area contributed by atoms with Crippen LogP contribution in [-0.2, 0) is 10.8 Å². The predicted molar refractivity (Wildman–Crippen MR) is 179 cm³/mol. The van der Waals surface area contributed by atoms with Gasteiger partial charge in [0.1, 0.15) is 0 Å². The summed E-state index contributed by atoms with van der Waals surface area (Å²) in [6, 6.07) is 40.1. The van der Waals surface area contributed by atoms with E-state index in [0.717, 1.165) is 4.47 Å². The molecule has 0 atom stereocenters. The Morgan fingerprint density at radius 1 is 0.512 bits per heavy atom. The van der Waals surface area contributed by atoms with E-state index in [0.29, 0.717) is 0 Å². The number of nitrogens with zero attached hydrogens (tertiary/aromatic N) is 1. The minimum atomic E-state index is 0.0549. The van der Waals surface area contributed by atoms with Crippen LogP contribution in [0.2, 0.25) is 0 Å². The maximum absolute atomic E-state index is 4.01. The summed E-state index contributed by atoms with van der Waals surface area (Å²) in [5.74, 6) is 0. The van der Waals surface area contributed by atoms with E-state index in [1.54, 1.807) is 0 Å². The summed E-state index contributed by atoms with van der Waals surface area (Å²) < 4.78 is 3.56. The molecule has 0 radical (unpaired) electrons. The average Bonchev–Trinajstić information content (AvgIpc) is 3.34. The van der Waals surface area contributed by atoms with Gasteiger partial charge in [-0.3, -0.25) is 0 Å². The molecule has 1 aliphatic rings. The Morgan fingerprint density at radius 3 is 1.63 bits per heavy atom. The van der Waals surface area contributed by atoms with Crippen molar-refractivity contribution in [3.8, 4) is 27.9 Å². The molecule has 1 heterocycles. The second-order valence-corrected chi connectivity index (χ2v) is 14.1. The van der Waals surface area contributed by atoms with Gasteiger partial charge in [0, 0.05) is 20.9 Å². The maximum Gasteiger partial charge on any atom is 0.0541 e. The van der Waals surface area contributed by atoms with E-state index in [2.05, 4.69) is 171 Å². The van der Waals surface area contributed by atoms with Gasteiger partial charge in [0.15, 0.2) is 0 Å². The molecule has 2 heteroatoms. The molecule has 0 bridgehead atoms. The van der Waals surface area contributed by atoms with Crippen LogP contribution >= 0.6 is 15.9 Å². The zero-order chi connectivity index (χ0) is 28.7. The second-order valence-electron chi connectivity index (χ2n) is 13.3. The zero-order valence-electron chi connectivity index (χ0n) is 24.7. The molecule has 1 aliphatic carbocycles. The first kappa shape index (κ1) is 26.3. The van der Waals surface area contributed by atoms with Crippen molar-refractivity contribution in [1.29, 1.82) is 0 Å². The highest BCUT2D eigenvalue weighted by Gasteiger charge is 2.56. The summed E-state index contributed by atoms with van der Waals surface area (Å²) in [6.45, 7) is 14.5. The molecule has 0 saturated carbocycles. The summed E-state index contributed by atoms with van der Waals surface area (Å²) in [4.78, 5) is 0. The van der Waals surface area contributed by atoms with E-state index >= 15 is 0 Å². The van der Waals surface area contributed by atoms with Gasteiger partial charge in [0.05, 0.1) is 11.0 Å². The molecule has 204 valence electrons. The number of hydrogen-bond donors (Lipinski definition) is 0. The third kappa shape index (κ3) is 3.66. The van der Waals surface area contributed by atoms with Crippen LogP contribution < -0.4 is 0 Å². The fourth-order valence-electron chi connectivity index (χ4n) is 7.14. The molecule has 6 aromatic rings. The number of rotatable bonds is 3. The van der Waals surface area contributed by atoms with Gasteiger partial charge in [0.25, 0.3) is 0 Å². The highest BCUT2D eigenvalue weighted by Crippen LogP contribution is 2.62. The summed E-state index contributed by atoms with van der Waals surface area (Å²) in [5, 5.41) is 2.54. The molecule has 41 heavy (non-hydrogen) atoms. The highest BCUT2D eigenvalue weighted by molar-refractivity contribution is 9.10. The van der Waals surface area contributed by atoms with Crippen LogP contribution in [0.5, 0.6) is 0 Å². The summed E-state index contributed by atoms with van der Waals surface area (Å²) in [6.07, 6.45) is 0. The Labute approximate surface area is 252 Å². The molecule has 0 aliphatic heterocycles. The van der Waals surface area contributed by atoms with Crippen LogP contribution in [0, 0.1) is 5.41 Å².